The summed E-state index contributed by atoms with van der Waals surface area (Å²) in [6.07, 6.45) is -4.71. The second kappa shape index (κ2) is 29.9. The minimum Gasteiger partial charge on any atom is -0.460 e. The van der Waals surface area contributed by atoms with Crippen LogP contribution in [0, 0.1) is 0 Å². The maximum absolute atomic E-state index is 11.7. The summed E-state index contributed by atoms with van der Waals surface area (Å²) in [6.45, 7) is 4.23. The maximum Gasteiger partial charge on any atom is 0.374 e. The molecule has 2 N–H and O–H groups in total. The van der Waals surface area contributed by atoms with E-state index in [-0.39, 0.29) is 111 Å². The number of hydrogen-bond acceptors (Lipinski definition) is 18. The Bertz CT molecular complexity index is 1120. The highest BCUT2D eigenvalue weighted by molar-refractivity contribution is 6.34. The van der Waals surface area contributed by atoms with Gasteiger partial charge in [-0.1, -0.05) is 27.7 Å². The summed E-state index contributed by atoms with van der Waals surface area (Å²) in [5.41, 5.74) is 0. The molecule has 0 radical (unpaired) electrons. The minimum absolute atomic E-state index is 0.000756. The normalized spacial score (nSPS) is 13.3. The van der Waals surface area contributed by atoms with Crippen LogP contribution >= 0.6 is 0 Å². The highest BCUT2D eigenvalue weighted by Crippen LogP contribution is 2.17. The zero-order valence-corrected chi connectivity index (χ0v) is 30.5. The van der Waals surface area contributed by atoms with E-state index in [1.165, 1.54) is 27.7 Å². The number of rotatable bonds is 33. The lowest BCUT2D eigenvalue weighted by atomic mass is 10.0. The van der Waals surface area contributed by atoms with Gasteiger partial charge in [-0.3, -0.25) is 19.2 Å². The van der Waals surface area contributed by atoms with Crippen molar-refractivity contribution in [2.75, 3.05) is 66.1 Å². The molecule has 0 fully saturated rings. The van der Waals surface area contributed by atoms with Gasteiger partial charge >= 0.3 is 23.9 Å². The topological polar surface area (TPSA) is 251 Å². The van der Waals surface area contributed by atoms with Crippen LogP contribution in [0.2, 0.25) is 0 Å². The Hall–Kier alpha value is -3.68. The molecular weight excluding hydrogens is 696 g/mol. The number of ether oxygens (including phenoxy) is 8. The van der Waals surface area contributed by atoms with E-state index in [9.17, 15) is 48.6 Å². The van der Waals surface area contributed by atoms with Gasteiger partial charge in [0.15, 0.2) is 0 Å². The van der Waals surface area contributed by atoms with Gasteiger partial charge < -0.3 is 48.1 Å². The van der Waals surface area contributed by atoms with Gasteiger partial charge in [-0.05, 0) is 0 Å². The fourth-order valence-corrected chi connectivity index (χ4v) is 3.92. The Balaban J connectivity index is 5.67. The maximum atomic E-state index is 11.7. The van der Waals surface area contributed by atoms with Crippen molar-refractivity contribution in [3.63, 3.8) is 0 Å². The van der Waals surface area contributed by atoms with E-state index in [1.807, 2.05) is 0 Å². The third-order valence-electron chi connectivity index (χ3n) is 6.95. The van der Waals surface area contributed by atoms with Crippen LogP contribution < -0.4 is 0 Å². The molecule has 0 aliphatic heterocycles. The molecule has 0 rings (SSSR count). The number of hydrogen-bond donors (Lipinski definition) is 2. The summed E-state index contributed by atoms with van der Waals surface area (Å²) >= 11 is 0. The first kappa shape index (κ1) is 48.3. The van der Waals surface area contributed by atoms with Crippen LogP contribution in [0.4, 0.5) is 0 Å². The van der Waals surface area contributed by atoms with Crippen LogP contribution in [0.1, 0.15) is 79.1 Å². The highest BCUT2D eigenvalue weighted by Gasteiger charge is 2.36. The van der Waals surface area contributed by atoms with E-state index in [0.29, 0.717) is 0 Å². The molecular formula is C34H54O18. The summed E-state index contributed by atoms with van der Waals surface area (Å²) < 4.78 is 42.7. The van der Waals surface area contributed by atoms with Crippen LogP contribution in [0.25, 0.3) is 0 Å². The molecule has 18 nitrogen and oxygen atoms in total. The number of carbonyl (C=O) groups excluding carboxylic acids is 8. The lowest BCUT2D eigenvalue weighted by Crippen LogP contribution is -2.51. The molecule has 0 aliphatic carbocycles. The van der Waals surface area contributed by atoms with Crippen LogP contribution in [0.3, 0.4) is 0 Å². The van der Waals surface area contributed by atoms with Gasteiger partial charge in [0.05, 0.1) is 59.5 Å². The number of carbonyl (C=O) groups is 8. The van der Waals surface area contributed by atoms with E-state index in [0.717, 1.165) is 0 Å². The second-order valence-electron chi connectivity index (χ2n) is 11.0. The molecule has 0 aliphatic rings. The Kier molecular flexibility index (Phi) is 27.7. The quantitative estimate of drug-likeness (QED) is 0.0392. The van der Waals surface area contributed by atoms with E-state index >= 15 is 0 Å². The molecule has 0 spiro atoms. The largest absolute Gasteiger partial charge is 0.460 e. The minimum atomic E-state index is -1.55. The fourth-order valence-electron chi connectivity index (χ4n) is 3.92. The number of esters is 4. The molecule has 18 heteroatoms. The van der Waals surface area contributed by atoms with Crippen LogP contribution in [0.15, 0.2) is 0 Å². The third-order valence-corrected chi connectivity index (χ3v) is 6.95. The van der Waals surface area contributed by atoms with Crippen molar-refractivity contribution in [2.45, 2.75) is 103 Å². The zero-order valence-electron chi connectivity index (χ0n) is 30.5. The predicted octanol–water partition coefficient (Wildman–Crippen LogP) is 0.161. The summed E-state index contributed by atoms with van der Waals surface area (Å²) in [7, 11) is 0. The molecule has 4 unspecified atom stereocenters. The summed E-state index contributed by atoms with van der Waals surface area (Å²) in [5.74, 6) is -6.70. The van der Waals surface area contributed by atoms with Gasteiger partial charge in [0, 0.05) is 58.0 Å². The molecule has 0 aromatic carbocycles. The second-order valence-corrected chi connectivity index (χ2v) is 11.0. The molecule has 0 aromatic rings. The first-order valence-electron chi connectivity index (χ1n) is 17.4. The van der Waals surface area contributed by atoms with Crippen LogP contribution in [-0.4, -0.2) is 148 Å². The monoisotopic (exact) mass is 750 g/mol. The van der Waals surface area contributed by atoms with Crippen LogP contribution in [-0.2, 0) is 76.3 Å². The van der Waals surface area contributed by atoms with Crippen molar-refractivity contribution in [3.05, 3.63) is 0 Å². The molecule has 52 heavy (non-hydrogen) atoms. The standard InChI is InChI=1S/C34H54O18/c1-5-23(36)31(41)49-17-9-13-45-22-28(47-15-11-19-51-33(43)25(38)7-3)29(40)30(48-16-12-20-52-34(44)26(39)8-4)27(21-35)46-14-10-18-50-32(42)24(37)6-2/h27-30,35,40H,5-22H2,1-4H3. The Morgan fingerprint density at radius 2 is 0.788 bits per heavy atom. The van der Waals surface area contributed by atoms with Gasteiger partial charge in [-0.2, -0.15) is 0 Å². The smallest absolute Gasteiger partial charge is 0.374 e. The lowest BCUT2D eigenvalue weighted by molar-refractivity contribution is -0.180. The summed E-state index contributed by atoms with van der Waals surface area (Å²) in [6, 6.07) is 0. The third kappa shape index (κ3) is 21.0. The fraction of sp³-hybridized carbons (Fsp3) is 0.765. The first-order valence-corrected chi connectivity index (χ1v) is 17.4. The van der Waals surface area contributed by atoms with Crippen molar-refractivity contribution in [1.82, 2.24) is 0 Å². The Morgan fingerprint density at radius 3 is 1.13 bits per heavy atom. The summed E-state index contributed by atoms with van der Waals surface area (Å²) in [4.78, 5) is 92.4. The van der Waals surface area contributed by atoms with E-state index in [4.69, 9.17) is 37.9 Å². The molecule has 298 valence electrons. The predicted molar refractivity (Wildman–Crippen MR) is 177 cm³/mol. The number of aliphatic hydroxyl groups excluding tert-OH is 2. The molecule has 0 amide bonds. The molecule has 4 atom stereocenters. The molecule has 0 saturated carbocycles. The summed E-state index contributed by atoms with van der Waals surface area (Å²) in [5, 5.41) is 21.7. The number of ketones is 4. The van der Waals surface area contributed by atoms with E-state index < -0.39 is 78.0 Å². The van der Waals surface area contributed by atoms with Crippen molar-refractivity contribution in [1.29, 1.82) is 0 Å². The highest BCUT2D eigenvalue weighted by atomic mass is 16.6. The van der Waals surface area contributed by atoms with Crippen molar-refractivity contribution in [2.24, 2.45) is 0 Å². The van der Waals surface area contributed by atoms with Crippen LogP contribution in [0.5, 0.6) is 0 Å². The molecule has 0 aromatic heterocycles. The average molecular weight is 751 g/mol. The number of aliphatic hydroxyl groups is 2. The van der Waals surface area contributed by atoms with E-state index in [1.54, 1.807) is 0 Å². The van der Waals surface area contributed by atoms with Gasteiger partial charge in [-0.15, -0.1) is 0 Å². The van der Waals surface area contributed by atoms with Gasteiger partial charge in [0.25, 0.3) is 0 Å². The van der Waals surface area contributed by atoms with E-state index in [2.05, 4.69) is 0 Å². The first-order chi connectivity index (χ1) is 24.9. The molecule has 0 saturated heterocycles. The Morgan fingerprint density at radius 1 is 0.462 bits per heavy atom. The van der Waals surface area contributed by atoms with Crippen molar-refractivity contribution < 1.29 is 86.5 Å². The van der Waals surface area contributed by atoms with Crippen molar-refractivity contribution in [3.8, 4) is 0 Å². The number of Topliss-reactive ketones (excluding diaryl/α,β-unsaturated/α-hetero) is 4. The van der Waals surface area contributed by atoms with Crippen molar-refractivity contribution >= 4 is 47.0 Å². The molecule has 0 heterocycles. The SMILES string of the molecule is CCC(=O)C(=O)OCCCOCC(OCCCOC(=O)C(=O)CC)C(O)C(OCCCOC(=O)C(=O)CC)C(CO)OCCCOC(=O)C(=O)CC. The average Bonchev–Trinajstić information content (AvgIpc) is 3.15. The van der Waals surface area contributed by atoms with Gasteiger partial charge in [-0.25, -0.2) is 19.2 Å². The molecule has 0 bridgehead atoms. The Labute approximate surface area is 303 Å². The zero-order chi connectivity index (χ0) is 39.3. The lowest BCUT2D eigenvalue weighted by Gasteiger charge is -2.34. The van der Waals surface area contributed by atoms with Gasteiger partial charge in [0.2, 0.25) is 23.1 Å². The van der Waals surface area contributed by atoms with Gasteiger partial charge in [0.1, 0.15) is 24.4 Å².